The maximum Gasteiger partial charge on any atom is 0.417 e. The van der Waals surface area contributed by atoms with Gasteiger partial charge in [-0.3, -0.25) is 9.59 Å². The number of piperidine rings is 1. The minimum atomic E-state index is -4.41. The van der Waals surface area contributed by atoms with E-state index in [1.807, 2.05) is 11.0 Å². The second-order valence-corrected chi connectivity index (χ2v) is 7.08. The van der Waals surface area contributed by atoms with Crippen LogP contribution in [-0.2, 0) is 11.0 Å². The lowest BCUT2D eigenvalue weighted by Crippen LogP contribution is -2.42. The zero-order valence-electron chi connectivity index (χ0n) is 16.3. The molecule has 3 rings (SSSR count). The quantitative estimate of drug-likeness (QED) is 0.705. The van der Waals surface area contributed by atoms with Crippen molar-refractivity contribution in [1.82, 2.24) is 15.6 Å². The fourth-order valence-corrected chi connectivity index (χ4v) is 3.31. The van der Waals surface area contributed by atoms with Gasteiger partial charge in [0.2, 0.25) is 5.91 Å². The Morgan fingerprint density at radius 3 is 2.27 bits per heavy atom. The van der Waals surface area contributed by atoms with Crippen molar-refractivity contribution in [3.05, 3.63) is 59.8 Å². The number of carbonyl (C=O) groups is 2. The Balaban J connectivity index is 1.38. The van der Waals surface area contributed by atoms with E-state index in [9.17, 15) is 22.8 Å². The van der Waals surface area contributed by atoms with Gasteiger partial charge in [0, 0.05) is 43.9 Å². The molecule has 0 atom stereocenters. The highest BCUT2D eigenvalue weighted by atomic mass is 19.4. The lowest BCUT2D eigenvalue weighted by molar-refractivity contribution is -0.137. The molecule has 0 spiro atoms. The van der Waals surface area contributed by atoms with Gasteiger partial charge in [0.1, 0.15) is 5.82 Å². The van der Waals surface area contributed by atoms with Crippen molar-refractivity contribution < 1.29 is 22.8 Å². The Hall–Kier alpha value is -3.10. The predicted molar refractivity (Wildman–Crippen MR) is 106 cm³/mol. The maximum absolute atomic E-state index is 12.6. The molecule has 30 heavy (non-hydrogen) atoms. The molecule has 1 aliphatic rings. The van der Waals surface area contributed by atoms with Gasteiger partial charge in [-0.25, -0.2) is 4.98 Å². The first-order chi connectivity index (χ1) is 14.3. The lowest BCUT2D eigenvalue weighted by atomic mass is 9.96. The molecule has 0 radical (unpaired) electrons. The van der Waals surface area contributed by atoms with Crippen molar-refractivity contribution in [3.8, 4) is 0 Å². The van der Waals surface area contributed by atoms with E-state index in [4.69, 9.17) is 0 Å². The third-order valence-corrected chi connectivity index (χ3v) is 5.01. The second kappa shape index (κ2) is 9.60. The number of nitrogens with one attached hydrogen (secondary N) is 2. The first-order valence-electron chi connectivity index (χ1n) is 9.74. The van der Waals surface area contributed by atoms with Crippen LogP contribution in [0.4, 0.5) is 19.0 Å². The van der Waals surface area contributed by atoms with Crippen LogP contribution in [0.1, 0.15) is 28.8 Å². The zero-order valence-corrected chi connectivity index (χ0v) is 16.3. The highest BCUT2D eigenvalue weighted by Crippen LogP contribution is 2.30. The van der Waals surface area contributed by atoms with Gasteiger partial charge in [0.05, 0.1) is 5.56 Å². The summed E-state index contributed by atoms with van der Waals surface area (Å²) in [5, 5.41) is 5.58. The number of aromatic nitrogens is 1. The summed E-state index contributed by atoms with van der Waals surface area (Å²) in [5.74, 6) is 0.0391. The Morgan fingerprint density at radius 1 is 1.00 bits per heavy atom. The summed E-state index contributed by atoms with van der Waals surface area (Å²) >= 11 is 0. The van der Waals surface area contributed by atoms with Crippen LogP contribution < -0.4 is 15.5 Å². The summed E-state index contributed by atoms with van der Waals surface area (Å²) in [4.78, 5) is 30.1. The second-order valence-electron chi connectivity index (χ2n) is 7.08. The van der Waals surface area contributed by atoms with E-state index in [1.54, 1.807) is 24.3 Å². The number of hydrogen-bond donors (Lipinski definition) is 2. The van der Waals surface area contributed by atoms with Crippen LogP contribution in [0, 0.1) is 5.92 Å². The van der Waals surface area contributed by atoms with Crippen molar-refractivity contribution in [1.29, 1.82) is 0 Å². The number of nitrogens with zero attached hydrogens (tertiary/aromatic N) is 2. The van der Waals surface area contributed by atoms with E-state index in [0.717, 1.165) is 12.3 Å². The molecule has 1 aromatic heterocycles. The van der Waals surface area contributed by atoms with E-state index in [1.165, 1.54) is 6.07 Å². The summed E-state index contributed by atoms with van der Waals surface area (Å²) in [6.45, 7) is 1.74. The van der Waals surface area contributed by atoms with Crippen molar-refractivity contribution in [2.24, 2.45) is 5.92 Å². The van der Waals surface area contributed by atoms with Gasteiger partial charge in [-0.1, -0.05) is 18.2 Å². The molecular weight excluding hydrogens is 397 g/mol. The van der Waals surface area contributed by atoms with Crippen LogP contribution in [0.2, 0.25) is 0 Å². The number of hydrogen-bond acceptors (Lipinski definition) is 4. The zero-order chi connectivity index (χ0) is 21.6. The fraction of sp³-hybridized carbons (Fsp3) is 0.381. The molecule has 6 nitrogen and oxygen atoms in total. The molecule has 0 unspecified atom stereocenters. The van der Waals surface area contributed by atoms with E-state index >= 15 is 0 Å². The lowest BCUT2D eigenvalue weighted by Gasteiger charge is -2.32. The number of carbonyl (C=O) groups excluding carboxylic acids is 2. The van der Waals surface area contributed by atoms with Crippen molar-refractivity contribution in [2.45, 2.75) is 19.0 Å². The van der Waals surface area contributed by atoms with E-state index in [2.05, 4.69) is 15.6 Å². The van der Waals surface area contributed by atoms with Crippen molar-refractivity contribution in [3.63, 3.8) is 0 Å². The number of pyridine rings is 1. The van der Waals surface area contributed by atoms with Gasteiger partial charge in [-0.15, -0.1) is 0 Å². The maximum atomic E-state index is 12.6. The largest absolute Gasteiger partial charge is 0.417 e. The minimum absolute atomic E-state index is 0.0796. The van der Waals surface area contributed by atoms with Gasteiger partial charge in [-0.2, -0.15) is 13.2 Å². The van der Waals surface area contributed by atoms with E-state index in [-0.39, 0.29) is 17.7 Å². The number of benzene rings is 1. The van der Waals surface area contributed by atoms with Gasteiger partial charge in [-0.05, 0) is 37.1 Å². The average Bonchev–Trinajstić information content (AvgIpc) is 2.76. The first kappa shape index (κ1) is 21.6. The number of anilines is 1. The molecule has 1 fully saturated rings. The van der Waals surface area contributed by atoms with Gasteiger partial charge < -0.3 is 15.5 Å². The van der Waals surface area contributed by atoms with Gasteiger partial charge in [0.15, 0.2) is 0 Å². The van der Waals surface area contributed by atoms with Crippen LogP contribution in [0.15, 0.2) is 48.7 Å². The van der Waals surface area contributed by atoms with Gasteiger partial charge >= 0.3 is 6.18 Å². The number of alkyl halides is 3. The molecule has 2 aromatic rings. The Morgan fingerprint density at radius 2 is 1.67 bits per heavy atom. The monoisotopic (exact) mass is 420 g/mol. The normalized spacial score (nSPS) is 15.0. The molecule has 1 saturated heterocycles. The predicted octanol–water partition coefficient (Wildman–Crippen LogP) is 2.86. The van der Waals surface area contributed by atoms with Crippen LogP contribution in [-0.4, -0.2) is 43.0 Å². The third kappa shape index (κ3) is 5.71. The molecular formula is C21H23F3N4O2. The number of rotatable bonds is 6. The summed E-state index contributed by atoms with van der Waals surface area (Å²) in [6.07, 6.45) is -2.40. The molecule has 0 bridgehead atoms. The average molecular weight is 420 g/mol. The molecule has 0 saturated carbocycles. The summed E-state index contributed by atoms with van der Waals surface area (Å²) in [6, 6.07) is 11.2. The molecule has 2 N–H and O–H groups in total. The van der Waals surface area contributed by atoms with E-state index in [0.29, 0.717) is 50.4 Å². The topological polar surface area (TPSA) is 74.3 Å². The Bertz CT molecular complexity index is 849. The standard InChI is InChI=1S/C21H23F3N4O2/c22-21(23,24)17-6-7-18(27-14-17)28-12-8-16(9-13-28)20(30)26-11-10-25-19(29)15-4-2-1-3-5-15/h1-7,14,16H,8-13H2,(H,25,29)(H,26,30). The molecule has 160 valence electrons. The summed E-state index contributed by atoms with van der Waals surface area (Å²) in [7, 11) is 0. The smallest absolute Gasteiger partial charge is 0.357 e. The van der Waals surface area contributed by atoms with Crippen molar-refractivity contribution in [2.75, 3.05) is 31.1 Å². The highest BCUT2D eigenvalue weighted by Gasteiger charge is 2.31. The highest BCUT2D eigenvalue weighted by molar-refractivity contribution is 5.94. The molecule has 1 aromatic carbocycles. The molecule has 9 heteroatoms. The minimum Gasteiger partial charge on any atom is -0.357 e. The third-order valence-electron chi connectivity index (χ3n) is 5.01. The Kier molecular flexibility index (Phi) is 6.91. The molecule has 1 aliphatic heterocycles. The first-order valence-corrected chi connectivity index (χ1v) is 9.74. The van der Waals surface area contributed by atoms with Crippen LogP contribution in [0.5, 0.6) is 0 Å². The van der Waals surface area contributed by atoms with Crippen LogP contribution in [0.25, 0.3) is 0 Å². The summed E-state index contributed by atoms with van der Waals surface area (Å²) < 4.78 is 37.9. The van der Waals surface area contributed by atoms with E-state index < -0.39 is 11.7 Å². The van der Waals surface area contributed by atoms with Crippen molar-refractivity contribution >= 4 is 17.6 Å². The molecule has 2 heterocycles. The molecule has 2 amide bonds. The fourth-order valence-electron chi connectivity index (χ4n) is 3.31. The molecule has 0 aliphatic carbocycles. The van der Waals surface area contributed by atoms with Crippen LogP contribution >= 0.6 is 0 Å². The van der Waals surface area contributed by atoms with Crippen LogP contribution in [0.3, 0.4) is 0 Å². The summed E-state index contributed by atoms with van der Waals surface area (Å²) in [5.41, 5.74) is -0.215. The van der Waals surface area contributed by atoms with Gasteiger partial charge in [0.25, 0.3) is 5.91 Å². The number of halogens is 3. The number of amides is 2. The SMILES string of the molecule is O=C(NCCNC(=O)C1CCN(c2ccc(C(F)(F)F)cn2)CC1)c1ccccc1. The Labute approximate surface area is 172 Å².